The van der Waals surface area contributed by atoms with Crippen LogP contribution in [-0.2, 0) is 11.3 Å². The number of fused-ring (bicyclic) bond motifs is 2. The van der Waals surface area contributed by atoms with Crippen molar-refractivity contribution in [2.24, 2.45) is 0 Å². The molecular weight excluding hydrogens is 356 g/mol. The van der Waals surface area contributed by atoms with Gasteiger partial charge in [-0.1, -0.05) is 6.07 Å². The zero-order valence-electron chi connectivity index (χ0n) is 15.3. The molecule has 0 radical (unpaired) electrons. The number of aromatic amines is 1. The molecule has 4 heterocycles. The molecule has 28 heavy (non-hydrogen) atoms. The van der Waals surface area contributed by atoms with E-state index in [0.29, 0.717) is 19.8 Å². The number of carbonyl (C=O) groups is 1. The summed E-state index contributed by atoms with van der Waals surface area (Å²) in [7, 11) is 0. The number of morpholine rings is 1. The van der Waals surface area contributed by atoms with E-state index in [0.717, 1.165) is 41.5 Å². The minimum Gasteiger partial charge on any atom is -0.378 e. The number of amides is 1. The van der Waals surface area contributed by atoms with Gasteiger partial charge in [0.2, 0.25) is 0 Å². The average Bonchev–Trinajstić information content (AvgIpc) is 3.23. The Kier molecular flexibility index (Phi) is 4.17. The standard InChI is InChI=1S/C20H20N6O2/c27-20(25-7-6-21-14-25)26-13-15-2-1-5-22-19(15)23-17-4-3-16(12-18(17)26)24-8-10-28-11-9-24/h1-7,12,14H,8-11,13H2,(H,22,23)/p+1. The maximum absolute atomic E-state index is 13.3. The van der Waals surface area contributed by atoms with Crippen molar-refractivity contribution in [2.45, 2.75) is 6.54 Å². The number of H-pyrrole nitrogens is 1. The molecule has 2 aliphatic heterocycles. The number of carbonyl (C=O) groups excluding carboxylic acids is 1. The van der Waals surface area contributed by atoms with Crippen molar-refractivity contribution in [1.82, 2.24) is 9.55 Å². The molecule has 1 saturated heterocycles. The van der Waals surface area contributed by atoms with E-state index in [1.165, 1.54) is 0 Å². The third kappa shape index (κ3) is 2.97. The highest BCUT2D eigenvalue weighted by Gasteiger charge is 2.29. The molecule has 1 amide bonds. The van der Waals surface area contributed by atoms with Crippen molar-refractivity contribution in [3.05, 3.63) is 60.8 Å². The number of hydrogen-bond acceptors (Lipinski definition) is 5. The summed E-state index contributed by atoms with van der Waals surface area (Å²) in [5.41, 5.74) is 3.75. The van der Waals surface area contributed by atoms with Crippen molar-refractivity contribution < 1.29 is 14.5 Å². The molecule has 8 nitrogen and oxygen atoms in total. The zero-order valence-corrected chi connectivity index (χ0v) is 15.3. The van der Waals surface area contributed by atoms with Crippen LogP contribution in [0.15, 0.2) is 55.2 Å². The van der Waals surface area contributed by atoms with Crippen molar-refractivity contribution in [2.75, 3.05) is 41.4 Å². The monoisotopic (exact) mass is 377 g/mol. The van der Waals surface area contributed by atoms with Gasteiger partial charge in [0.05, 0.1) is 31.1 Å². The molecular formula is C20H21N6O2+. The van der Waals surface area contributed by atoms with Crippen molar-refractivity contribution in [3.8, 4) is 0 Å². The Balaban J connectivity index is 1.60. The second-order valence-corrected chi connectivity index (χ2v) is 6.82. The Morgan fingerprint density at radius 2 is 2.11 bits per heavy atom. The van der Waals surface area contributed by atoms with E-state index in [-0.39, 0.29) is 6.03 Å². The van der Waals surface area contributed by atoms with Gasteiger partial charge in [0.15, 0.2) is 0 Å². The van der Waals surface area contributed by atoms with Crippen molar-refractivity contribution in [1.29, 1.82) is 0 Å². The van der Waals surface area contributed by atoms with E-state index >= 15 is 0 Å². The minimum absolute atomic E-state index is 0.125. The maximum atomic E-state index is 13.3. The summed E-state index contributed by atoms with van der Waals surface area (Å²) in [6.45, 7) is 3.55. The lowest BCUT2D eigenvalue weighted by atomic mass is 10.2. The highest BCUT2D eigenvalue weighted by molar-refractivity contribution is 5.99. The number of benzene rings is 1. The Labute approximate surface area is 162 Å². The van der Waals surface area contributed by atoms with Crippen LogP contribution in [0.25, 0.3) is 0 Å². The number of nitrogens with one attached hydrogen (secondary N) is 2. The zero-order chi connectivity index (χ0) is 18.9. The topological polar surface area (TPSA) is 76.8 Å². The first kappa shape index (κ1) is 16.8. The van der Waals surface area contributed by atoms with Gasteiger partial charge in [0.25, 0.3) is 6.33 Å². The van der Waals surface area contributed by atoms with Gasteiger partial charge in [-0.15, -0.1) is 0 Å². The number of imidazole rings is 1. The summed E-state index contributed by atoms with van der Waals surface area (Å²) in [6, 6.07) is 9.93. The van der Waals surface area contributed by atoms with E-state index in [1.807, 2.05) is 18.2 Å². The van der Waals surface area contributed by atoms with Gasteiger partial charge in [0.1, 0.15) is 18.2 Å². The lowest BCUT2D eigenvalue weighted by Crippen LogP contribution is -2.37. The van der Waals surface area contributed by atoms with Crippen molar-refractivity contribution >= 4 is 28.9 Å². The smallest absolute Gasteiger partial charge is 0.378 e. The van der Waals surface area contributed by atoms with Crippen molar-refractivity contribution in [3.63, 3.8) is 0 Å². The van der Waals surface area contributed by atoms with E-state index < -0.39 is 0 Å². The molecule has 3 aromatic rings. The number of ether oxygens (including phenoxy) is 1. The van der Waals surface area contributed by atoms with Crippen LogP contribution in [0.2, 0.25) is 0 Å². The third-order valence-corrected chi connectivity index (χ3v) is 5.12. The van der Waals surface area contributed by atoms with Gasteiger partial charge < -0.3 is 15.0 Å². The van der Waals surface area contributed by atoms with Crippen LogP contribution in [-0.4, -0.2) is 41.9 Å². The molecule has 0 atom stereocenters. The first-order valence-corrected chi connectivity index (χ1v) is 9.33. The van der Waals surface area contributed by atoms with Gasteiger partial charge in [-0.2, -0.15) is 4.57 Å². The van der Waals surface area contributed by atoms with Gasteiger partial charge >= 0.3 is 6.03 Å². The number of aromatic nitrogens is 3. The van der Waals surface area contributed by atoms with Gasteiger partial charge in [0, 0.05) is 30.5 Å². The quantitative estimate of drug-likeness (QED) is 0.704. The fraction of sp³-hybridized carbons (Fsp3) is 0.250. The van der Waals surface area contributed by atoms with E-state index in [2.05, 4.69) is 32.3 Å². The summed E-state index contributed by atoms with van der Waals surface area (Å²) in [5.74, 6) is 0.775. The number of pyridine rings is 1. The Bertz CT molecular complexity index is 998. The highest BCUT2D eigenvalue weighted by atomic mass is 16.5. The summed E-state index contributed by atoms with van der Waals surface area (Å²) in [6.07, 6.45) is 6.85. The number of rotatable bonds is 1. The Morgan fingerprint density at radius 1 is 1.21 bits per heavy atom. The predicted octanol–water partition coefficient (Wildman–Crippen LogP) is 2.27. The van der Waals surface area contributed by atoms with Crippen LogP contribution in [0.5, 0.6) is 0 Å². The molecule has 0 spiro atoms. The Morgan fingerprint density at radius 3 is 2.93 bits per heavy atom. The maximum Gasteiger partial charge on any atom is 0.420 e. The molecule has 2 aromatic heterocycles. The molecule has 142 valence electrons. The molecule has 0 saturated carbocycles. The summed E-state index contributed by atoms with van der Waals surface area (Å²) < 4.78 is 7.02. The Hall–Kier alpha value is -3.39. The van der Waals surface area contributed by atoms with Gasteiger partial charge in [-0.3, -0.25) is 4.90 Å². The highest BCUT2D eigenvalue weighted by Crippen LogP contribution is 2.38. The third-order valence-electron chi connectivity index (χ3n) is 5.12. The molecule has 0 aliphatic carbocycles. The van der Waals surface area contributed by atoms with Crippen LogP contribution < -0.4 is 20.1 Å². The second-order valence-electron chi connectivity index (χ2n) is 6.82. The molecule has 2 N–H and O–H groups in total. The fourth-order valence-corrected chi connectivity index (χ4v) is 3.65. The number of anilines is 4. The molecule has 5 rings (SSSR count). The van der Waals surface area contributed by atoms with E-state index in [1.54, 1.807) is 34.4 Å². The largest absolute Gasteiger partial charge is 0.420 e. The molecule has 0 bridgehead atoms. The van der Waals surface area contributed by atoms with Crippen LogP contribution in [0.3, 0.4) is 0 Å². The summed E-state index contributed by atoms with van der Waals surface area (Å²) in [4.78, 5) is 24.7. The minimum atomic E-state index is -0.125. The number of hydrogen-bond donors (Lipinski definition) is 1. The van der Waals surface area contributed by atoms with Crippen LogP contribution >= 0.6 is 0 Å². The first-order valence-electron chi connectivity index (χ1n) is 9.33. The van der Waals surface area contributed by atoms with E-state index in [4.69, 9.17) is 4.74 Å². The van der Waals surface area contributed by atoms with Crippen LogP contribution in [0, 0.1) is 0 Å². The van der Waals surface area contributed by atoms with Crippen LogP contribution in [0.1, 0.15) is 5.56 Å². The molecule has 8 heteroatoms. The van der Waals surface area contributed by atoms with E-state index in [9.17, 15) is 4.79 Å². The lowest BCUT2D eigenvalue weighted by molar-refractivity contribution is -0.376. The van der Waals surface area contributed by atoms with Crippen LogP contribution in [0.4, 0.5) is 27.7 Å². The van der Waals surface area contributed by atoms with Gasteiger partial charge in [-0.05, 0) is 24.3 Å². The predicted molar refractivity (Wildman–Crippen MR) is 105 cm³/mol. The number of nitrogens with zero attached hydrogens (tertiary/aromatic N) is 4. The molecule has 1 fully saturated rings. The van der Waals surface area contributed by atoms with Gasteiger partial charge in [-0.25, -0.2) is 14.8 Å². The SMILES string of the molecule is O=C(N1Cc2cccnc2Nc2ccc(N3CCOCC3)cc21)n1cc[nH+]c1. The summed E-state index contributed by atoms with van der Waals surface area (Å²) >= 11 is 0. The molecule has 0 unspecified atom stereocenters. The second kappa shape index (κ2) is 6.97. The normalized spacial score (nSPS) is 16.0. The average molecular weight is 377 g/mol. The summed E-state index contributed by atoms with van der Waals surface area (Å²) in [5, 5.41) is 3.40. The molecule has 2 aliphatic rings. The fourth-order valence-electron chi connectivity index (χ4n) is 3.65. The molecule has 1 aromatic carbocycles. The lowest BCUT2D eigenvalue weighted by Gasteiger charge is -2.30. The first-order chi connectivity index (χ1) is 13.8.